The average molecular weight is 387 g/mol. The predicted molar refractivity (Wildman–Crippen MR) is 92.3 cm³/mol. The number of amides is 1. The molecule has 2 aliphatic heterocycles. The van der Waals surface area contributed by atoms with Gasteiger partial charge in [0.2, 0.25) is 5.91 Å². The van der Waals surface area contributed by atoms with Crippen LogP contribution in [0, 0.1) is 0 Å². The molecule has 25 heavy (non-hydrogen) atoms. The van der Waals surface area contributed by atoms with Crippen LogP contribution in [-0.4, -0.2) is 67.3 Å². The molecule has 8 nitrogen and oxygen atoms in total. The quantitative estimate of drug-likeness (QED) is 0.774. The Morgan fingerprint density at radius 3 is 2.64 bits per heavy atom. The second-order valence-corrected chi connectivity index (χ2v) is 9.40. The van der Waals surface area contributed by atoms with Crippen LogP contribution in [0.4, 0.5) is 0 Å². The summed E-state index contributed by atoms with van der Waals surface area (Å²) in [7, 11) is -3.90. The van der Waals surface area contributed by atoms with E-state index < -0.39 is 16.0 Å². The SMILES string of the molecule is CC(=O)N1CCCN(S(=O)(=O)c2sc3c(c2C(=O)O)CCNC3)CC1. The first kappa shape index (κ1) is 18.3. The van der Waals surface area contributed by atoms with Gasteiger partial charge in [-0.25, -0.2) is 13.2 Å². The lowest BCUT2D eigenvalue weighted by molar-refractivity contribution is -0.128. The summed E-state index contributed by atoms with van der Waals surface area (Å²) >= 11 is 1.05. The van der Waals surface area contributed by atoms with Crippen LogP contribution >= 0.6 is 11.3 Å². The molecule has 138 valence electrons. The third-order valence-corrected chi connectivity index (χ3v) is 8.21. The van der Waals surface area contributed by atoms with Crippen molar-refractivity contribution >= 4 is 33.2 Å². The van der Waals surface area contributed by atoms with Crippen molar-refractivity contribution in [3.05, 3.63) is 16.0 Å². The number of hydrogen-bond donors (Lipinski definition) is 2. The van der Waals surface area contributed by atoms with Crippen molar-refractivity contribution in [1.29, 1.82) is 0 Å². The van der Waals surface area contributed by atoms with Crippen molar-refractivity contribution in [2.24, 2.45) is 0 Å². The summed E-state index contributed by atoms with van der Waals surface area (Å²) in [5, 5.41) is 12.7. The second kappa shape index (κ2) is 7.02. The van der Waals surface area contributed by atoms with E-state index in [2.05, 4.69) is 5.32 Å². The van der Waals surface area contributed by atoms with E-state index in [-0.39, 0.29) is 28.8 Å². The number of sulfonamides is 1. The van der Waals surface area contributed by atoms with Gasteiger partial charge in [0, 0.05) is 44.5 Å². The van der Waals surface area contributed by atoms with E-state index >= 15 is 0 Å². The van der Waals surface area contributed by atoms with Gasteiger partial charge in [-0.15, -0.1) is 11.3 Å². The fourth-order valence-corrected chi connectivity index (χ4v) is 6.75. The average Bonchev–Trinajstić information content (AvgIpc) is 2.77. The number of nitrogens with zero attached hydrogens (tertiary/aromatic N) is 2. The monoisotopic (exact) mass is 387 g/mol. The molecule has 0 aromatic carbocycles. The van der Waals surface area contributed by atoms with Gasteiger partial charge in [-0.2, -0.15) is 4.31 Å². The maximum Gasteiger partial charge on any atom is 0.338 e. The summed E-state index contributed by atoms with van der Waals surface area (Å²) in [4.78, 5) is 25.7. The summed E-state index contributed by atoms with van der Waals surface area (Å²) < 4.78 is 27.5. The Bertz CT molecular complexity index is 802. The van der Waals surface area contributed by atoms with E-state index in [1.165, 1.54) is 11.2 Å². The van der Waals surface area contributed by atoms with E-state index in [9.17, 15) is 23.1 Å². The third kappa shape index (κ3) is 3.43. The van der Waals surface area contributed by atoms with Crippen LogP contribution in [0.1, 0.15) is 34.1 Å². The number of carboxylic acid groups (broad SMARTS) is 1. The first-order valence-corrected chi connectivity index (χ1v) is 10.4. The van der Waals surface area contributed by atoms with Crippen molar-refractivity contribution in [2.75, 3.05) is 32.7 Å². The molecule has 3 heterocycles. The Kier molecular flexibility index (Phi) is 5.14. The highest BCUT2D eigenvalue weighted by Crippen LogP contribution is 2.36. The summed E-state index contributed by atoms with van der Waals surface area (Å²) in [6.45, 7) is 3.90. The molecule has 0 atom stereocenters. The number of thiophene rings is 1. The van der Waals surface area contributed by atoms with Crippen molar-refractivity contribution in [3.63, 3.8) is 0 Å². The fraction of sp³-hybridized carbons (Fsp3) is 0.600. The standard InChI is InChI=1S/C15H21N3O5S2/c1-10(19)17-5-2-6-18(8-7-17)25(22,23)15-13(14(20)21)11-3-4-16-9-12(11)24-15/h16H,2-9H2,1H3,(H,20,21). The minimum Gasteiger partial charge on any atom is -0.478 e. The number of carboxylic acids is 1. The largest absolute Gasteiger partial charge is 0.478 e. The minimum atomic E-state index is -3.90. The molecule has 1 aromatic heterocycles. The zero-order chi connectivity index (χ0) is 18.2. The van der Waals surface area contributed by atoms with Crippen LogP contribution in [0.3, 0.4) is 0 Å². The van der Waals surface area contributed by atoms with Gasteiger partial charge < -0.3 is 15.3 Å². The molecule has 10 heteroatoms. The third-order valence-electron chi connectivity index (χ3n) is 4.58. The van der Waals surface area contributed by atoms with Gasteiger partial charge in [-0.1, -0.05) is 0 Å². The molecule has 1 amide bonds. The van der Waals surface area contributed by atoms with Crippen LogP contribution < -0.4 is 5.32 Å². The molecule has 1 saturated heterocycles. The number of aromatic carboxylic acids is 1. The van der Waals surface area contributed by atoms with Crippen LogP contribution in [0.5, 0.6) is 0 Å². The molecule has 2 N–H and O–H groups in total. The molecule has 0 bridgehead atoms. The number of hydrogen-bond acceptors (Lipinski definition) is 6. The maximum atomic E-state index is 13.1. The molecule has 0 radical (unpaired) electrons. The van der Waals surface area contributed by atoms with Crippen LogP contribution in [0.15, 0.2) is 4.21 Å². The highest BCUT2D eigenvalue weighted by Gasteiger charge is 2.36. The van der Waals surface area contributed by atoms with Gasteiger partial charge in [0.05, 0.1) is 5.56 Å². The van der Waals surface area contributed by atoms with E-state index in [1.54, 1.807) is 4.90 Å². The van der Waals surface area contributed by atoms with Gasteiger partial charge >= 0.3 is 5.97 Å². The summed E-state index contributed by atoms with van der Waals surface area (Å²) in [6.07, 6.45) is 1.05. The highest BCUT2D eigenvalue weighted by atomic mass is 32.2. The lowest BCUT2D eigenvalue weighted by Gasteiger charge is -2.20. The zero-order valence-electron chi connectivity index (χ0n) is 13.9. The fourth-order valence-electron chi connectivity index (χ4n) is 3.27. The summed E-state index contributed by atoms with van der Waals surface area (Å²) in [5.74, 6) is -1.28. The lowest BCUT2D eigenvalue weighted by atomic mass is 10.1. The van der Waals surface area contributed by atoms with E-state index in [0.717, 1.165) is 16.2 Å². The first-order chi connectivity index (χ1) is 11.8. The number of carbonyl (C=O) groups is 2. The lowest BCUT2D eigenvalue weighted by Crippen LogP contribution is -2.36. The van der Waals surface area contributed by atoms with Crippen molar-refractivity contribution in [1.82, 2.24) is 14.5 Å². The Labute approximate surface area is 150 Å². The maximum absolute atomic E-state index is 13.1. The molecule has 1 fully saturated rings. The molecular formula is C15H21N3O5S2. The number of rotatable bonds is 3. The number of carbonyl (C=O) groups excluding carboxylic acids is 1. The molecule has 1 aromatic rings. The van der Waals surface area contributed by atoms with Gasteiger partial charge in [-0.3, -0.25) is 4.79 Å². The van der Waals surface area contributed by atoms with E-state index in [4.69, 9.17) is 0 Å². The van der Waals surface area contributed by atoms with Gasteiger partial charge in [0.1, 0.15) is 4.21 Å². The summed E-state index contributed by atoms with van der Waals surface area (Å²) in [5.41, 5.74) is 0.559. The predicted octanol–water partition coefficient (Wildman–Crippen LogP) is 0.335. The smallest absolute Gasteiger partial charge is 0.338 e. The highest BCUT2D eigenvalue weighted by molar-refractivity contribution is 7.91. The Morgan fingerprint density at radius 2 is 1.96 bits per heavy atom. The molecule has 0 saturated carbocycles. The Hall–Kier alpha value is -1.49. The van der Waals surface area contributed by atoms with E-state index in [1.807, 2.05) is 0 Å². The van der Waals surface area contributed by atoms with Crippen LogP contribution in [0.2, 0.25) is 0 Å². The van der Waals surface area contributed by atoms with Crippen molar-refractivity contribution in [3.8, 4) is 0 Å². The normalized spacial score (nSPS) is 19.3. The first-order valence-electron chi connectivity index (χ1n) is 8.16. The van der Waals surface area contributed by atoms with Crippen LogP contribution in [-0.2, 0) is 27.8 Å². The second-order valence-electron chi connectivity index (χ2n) is 6.16. The van der Waals surface area contributed by atoms with Gasteiger partial charge in [0.25, 0.3) is 10.0 Å². The topological polar surface area (TPSA) is 107 Å². The Morgan fingerprint density at radius 1 is 1.20 bits per heavy atom. The van der Waals surface area contributed by atoms with Crippen LogP contribution in [0.25, 0.3) is 0 Å². The zero-order valence-corrected chi connectivity index (χ0v) is 15.6. The summed E-state index contributed by atoms with van der Waals surface area (Å²) in [6, 6.07) is 0. The molecule has 0 aliphatic carbocycles. The molecule has 0 spiro atoms. The van der Waals surface area contributed by atoms with E-state index in [0.29, 0.717) is 44.6 Å². The van der Waals surface area contributed by atoms with Gasteiger partial charge in [0.15, 0.2) is 0 Å². The molecule has 0 unspecified atom stereocenters. The minimum absolute atomic E-state index is 0.0748. The van der Waals surface area contributed by atoms with Gasteiger partial charge in [-0.05, 0) is 24.9 Å². The number of nitrogens with one attached hydrogen (secondary N) is 1. The molecular weight excluding hydrogens is 366 g/mol. The van der Waals surface area contributed by atoms with Crippen molar-refractivity contribution in [2.45, 2.75) is 30.5 Å². The Balaban J connectivity index is 1.96. The molecule has 2 aliphatic rings. The molecule has 3 rings (SSSR count). The number of fused-ring (bicyclic) bond motifs is 1. The van der Waals surface area contributed by atoms with Crippen molar-refractivity contribution < 1.29 is 23.1 Å².